The second-order valence-corrected chi connectivity index (χ2v) is 4.25. The SMILES string of the molecule is Cc1cccc(-c2cc3ncc(N)c(=O)n3[nH]2)c1. The summed E-state index contributed by atoms with van der Waals surface area (Å²) in [5, 5.41) is 3.01. The molecule has 90 valence electrons. The van der Waals surface area contributed by atoms with E-state index < -0.39 is 0 Å². The van der Waals surface area contributed by atoms with E-state index in [4.69, 9.17) is 5.73 Å². The van der Waals surface area contributed by atoms with E-state index in [1.807, 2.05) is 37.3 Å². The fraction of sp³-hybridized carbons (Fsp3) is 0.0769. The van der Waals surface area contributed by atoms with Gasteiger partial charge in [-0.05, 0) is 18.6 Å². The number of benzene rings is 1. The van der Waals surface area contributed by atoms with Gasteiger partial charge in [-0.2, -0.15) is 4.52 Å². The molecule has 0 radical (unpaired) electrons. The second-order valence-electron chi connectivity index (χ2n) is 4.25. The fourth-order valence-corrected chi connectivity index (χ4v) is 1.93. The molecule has 18 heavy (non-hydrogen) atoms. The summed E-state index contributed by atoms with van der Waals surface area (Å²) >= 11 is 0. The van der Waals surface area contributed by atoms with Gasteiger partial charge >= 0.3 is 0 Å². The maximum absolute atomic E-state index is 11.8. The van der Waals surface area contributed by atoms with Gasteiger partial charge in [0.05, 0.1) is 11.9 Å². The first kappa shape index (κ1) is 10.6. The number of hydrogen-bond donors (Lipinski definition) is 2. The Morgan fingerprint density at radius 2 is 2.17 bits per heavy atom. The molecule has 0 saturated carbocycles. The number of H-pyrrole nitrogens is 1. The van der Waals surface area contributed by atoms with Gasteiger partial charge in [0.1, 0.15) is 5.69 Å². The van der Waals surface area contributed by atoms with E-state index in [1.54, 1.807) is 0 Å². The first-order valence-corrected chi connectivity index (χ1v) is 5.58. The number of fused-ring (bicyclic) bond motifs is 1. The van der Waals surface area contributed by atoms with Crippen LogP contribution in [0.25, 0.3) is 16.9 Å². The van der Waals surface area contributed by atoms with Gasteiger partial charge in [0.15, 0.2) is 5.65 Å². The predicted molar refractivity (Wildman–Crippen MR) is 70.4 cm³/mol. The van der Waals surface area contributed by atoms with Gasteiger partial charge in [0.2, 0.25) is 0 Å². The largest absolute Gasteiger partial charge is 0.393 e. The van der Waals surface area contributed by atoms with Crippen LogP contribution in [0.1, 0.15) is 5.56 Å². The minimum absolute atomic E-state index is 0.130. The lowest BCUT2D eigenvalue weighted by atomic mass is 10.1. The van der Waals surface area contributed by atoms with Crippen molar-refractivity contribution in [2.24, 2.45) is 0 Å². The van der Waals surface area contributed by atoms with Crippen molar-refractivity contribution in [2.45, 2.75) is 6.92 Å². The highest BCUT2D eigenvalue weighted by atomic mass is 16.1. The number of rotatable bonds is 1. The summed E-state index contributed by atoms with van der Waals surface area (Å²) in [6.07, 6.45) is 1.38. The lowest BCUT2D eigenvalue weighted by molar-refractivity contribution is 0.907. The van der Waals surface area contributed by atoms with Crippen molar-refractivity contribution in [3.63, 3.8) is 0 Å². The first-order chi connectivity index (χ1) is 8.65. The van der Waals surface area contributed by atoms with Crippen LogP contribution in [-0.4, -0.2) is 14.6 Å². The van der Waals surface area contributed by atoms with Gasteiger partial charge in [0, 0.05) is 6.07 Å². The molecule has 0 saturated heterocycles. The van der Waals surface area contributed by atoms with Gasteiger partial charge < -0.3 is 5.73 Å². The van der Waals surface area contributed by atoms with Crippen LogP contribution >= 0.6 is 0 Å². The summed E-state index contributed by atoms with van der Waals surface area (Å²) in [6.45, 7) is 2.02. The Hall–Kier alpha value is -2.56. The average molecular weight is 240 g/mol. The van der Waals surface area contributed by atoms with Crippen molar-refractivity contribution >= 4 is 11.3 Å². The van der Waals surface area contributed by atoms with Crippen molar-refractivity contribution in [2.75, 3.05) is 5.73 Å². The lowest BCUT2D eigenvalue weighted by Crippen LogP contribution is -2.18. The normalized spacial score (nSPS) is 10.9. The van der Waals surface area contributed by atoms with E-state index in [-0.39, 0.29) is 11.2 Å². The van der Waals surface area contributed by atoms with Crippen LogP contribution < -0.4 is 11.3 Å². The van der Waals surface area contributed by atoms with E-state index >= 15 is 0 Å². The van der Waals surface area contributed by atoms with Crippen LogP contribution in [0.2, 0.25) is 0 Å². The third-order valence-electron chi connectivity index (χ3n) is 2.85. The molecule has 3 aromatic rings. The van der Waals surface area contributed by atoms with Crippen LogP contribution in [0.3, 0.4) is 0 Å². The quantitative estimate of drug-likeness (QED) is 0.678. The predicted octanol–water partition coefficient (Wildman–Crippen LogP) is 1.58. The van der Waals surface area contributed by atoms with Crippen molar-refractivity contribution in [3.05, 3.63) is 52.4 Å². The van der Waals surface area contributed by atoms with E-state index in [2.05, 4.69) is 10.1 Å². The molecule has 0 fully saturated rings. The van der Waals surface area contributed by atoms with Crippen LogP contribution in [-0.2, 0) is 0 Å². The summed E-state index contributed by atoms with van der Waals surface area (Å²) in [5.41, 5.74) is 8.97. The van der Waals surface area contributed by atoms with Gasteiger partial charge in [-0.3, -0.25) is 9.89 Å². The van der Waals surface area contributed by atoms with Crippen LogP contribution in [0.15, 0.2) is 41.3 Å². The van der Waals surface area contributed by atoms with E-state index in [9.17, 15) is 4.79 Å². The number of nitrogens with one attached hydrogen (secondary N) is 1. The van der Waals surface area contributed by atoms with E-state index in [1.165, 1.54) is 10.7 Å². The van der Waals surface area contributed by atoms with Gasteiger partial charge in [-0.15, -0.1) is 0 Å². The van der Waals surface area contributed by atoms with Gasteiger partial charge in [-0.1, -0.05) is 23.8 Å². The monoisotopic (exact) mass is 240 g/mol. The smallest absolute Gasteiger partial charge is 0.295 e. The Labute approximate surface area is 103 Å². The third kappa shape index (κ3) is 1.57. The topological polar surface area (TPSA) is 76.2 Å². The molecule has 0 aliphatic heterocycles. The van der Waals surface area contributed by atoms with E-state index in [0.717, 1.165) is 16.8 Å². The molecular formula is C13H12N4O. The molecule has 0 aliphatic carbocycles. The van der Waals surface area contributed by atoms with Crippen molar-refractivity contribution < 1.29 is 0 Å². The van der Waals surface area contributed by atoms with Gasteiger partial charge in [-0.25, -0.2) is 4.98 Å². The maximum atomic E-state index is 11.8. The Kier molecular flexibility index (Phi) is 2.19. The molecule has 1 aromatic carbocycles. The molecular weight excluding hydrogens is 228 g/mol. The molecule has 0 bridgehead atoms. The number of anilines is 1. The summed E-state index contributed by atoms with van der Waals surface area (Å²) in [7, 11) is 0. The highest BCUT2D eigenvalue weighted by Gasteiger charge is 2.07. The first-order valence-electron chi connectivity index (χ1n) is 5.58. The molecule has 0 aliphatic rings. The zero-order chi connectivity index (χ0) is 12.7. The fourth-order valence-electron chi connectivity index (χ4n) is 1.93. The summed E-state index contributed by atoms with van der Waals surface area (Å²) < 4.78 is 1.35. The number of nitrogens with zero attached hydrogens (tertiary/aromatic N) is 2. The molecule has 2 aromatic heterocycles. The van der Waals surface area contributed by atoms with E-state index in [0.29, 0.717) is 5.65 Å². The highest BCUT2D eigenvalue weighted by Crippen LogP contribution is 2.19. The second kappa shape index (κ2) is 3.73. The molecule has 5 heteroatoms. The molecule has 0 atom stereocenters. The standard InChI is InChI=1S/C13H12N4O/c1-8-3-2-4-9(5-8)11-6-12-15-7-10(14)13(18)17(12)16-11/h2-7,16H,14H2,1H3. The number of nitrogen functional groups attached to an aromatic ring is 1. The summed E-state index contributed by atoms with van der Waals surface area (Å²) in [4.78, 5) is 15.9. The van der Waals surface area contributed by atoms with Crippen molar-refractivity contribution in [3.8, 4) is 11.3 Å². The number of aromatic nitrogens is 3. The van der Waals surface area contributed by atoms with Crippen LogP contribution in [0, 0.1) is 6.92 Å². The number of nitrogens with two attached hydrogens (primary N) is 1. The number of aryl methyl sites for hydroxylation is 1. The Morgan fingerprint density at radius 1 is 1.33 bits per heavy atom. The zero-order valence-corrected chi connectivity index (χ0v) is 9.84. The van der Waals surface area contributed by atoms with Crippen LogP contribution in [0.4, 0.5) is 5.69 Å². The van der Waals surface area contributed by atoms with Gasteiger partial charge in [0.25, 0.3) is 5.56 Å². The highest BCUT2D eigenvalue weighted by molar-refractivity contribution is 5.65. The Balaban J connectivity index is 2.26. The lowest BCUT2D eigenvalue weighted by Gasteiger charge is -1.98. The molecule has 3 rings (SSSR count). The molecule has 3 N–H and O–H groups in total. The third-order valence-corrected chi connectivity index (χ3v) is 2.85. The Morgan fingerprint density at radius 3 is 2.94 bits per heavy atom. The summed E-state index contributed by atoms with van der Waals surface area (Å²) in [5.74, 6) is 0. The minimum Gasteiger partial charge on any atom is -0.393 e. The Bertz CT molecular complexity index is 785. The average Bonchev–Trinajstić information content (AvgIpc) is 2.79. The molecule has 2 heterocycles. The maximum Gasteiger partial charge on any atom is 0.295 e. The zero-order valence-electron chi connectivity index (χ0n) is 9.84. The molecule has 5 nitrogen and oxygen atoms in total. The van der Waals surface area contributed by atoms with Crippen LogP contribution in [0.5, 0.6) is 0 Å². The minimum atomic E-state index is -0.279. The molecule has 0 unspecified atom stereocenters. The summed E-state index contributed by atoms with van der Waals surface area (Å²) in [6, 6.07) is 9.84. The number of hydrogen-bond acceptors (Lipinski definition) is 3. The molecule has 0 spiro atoms. The molecule has 0 amide bonds. The number of aromatic amines is 1. The van der Waals surface area contributed by atoms with Crippen molar-refractivity contribution in [1.82, 2.24) is 14.6 Å². The van der Waals surface area contributed by atoms with Crippen molar-refractivity contribution in [1.29, 1.82) is 0 Å².